The van der Waals surface area contributed by atoms with Gasteiger partial charge in [-0.2, -0.15) is 0 Å². The molecule has 20 nitrogen and oxygen atoms in total. The molecule has 3 fully saturated rings. The molecule has 0 aliphatic carbocycles. The highest BCUT2D eigenvalue weighted by molar-refractivity contribution is 5.92. The van der Waals surface area contributed by atoms with E-state index in [-0.39, 0.29) is 42.9 Å². The quantitative estimate of drug-likeness (QED) is 0.0739. The summed E-state index contributed by atoms with van der Waals surface area (Å²) in [5.41, 5.74) is -3.39. The minimum absolute atomic E-state index is 0.169. The maximum Gasteiger partial charge on any atom is 0.341 e. The number of carbonyl (C=O) groups is 2. The van der Waals surface area contributed by atoms with Crippen molar-refractivity contribution >= 4 is 22.8 Å². The number of pyridine rings is 1. The lowest BCUT2D eigenvalue weighted by Gasteiger charge is -2.49. The monoisotopic (exact) mass is 1110 g/mol. The molecule has 6 N–H and O–H groups in total. The van der Waals surface area contributed by atoms with Crippen LogP contribution < -0.4 is 10.7 Å². The molecule has 78 heavy (non-hydrogen) atoms. The number of esters is 1. The number of cyclic esters (lactones) is 1. The van der Waals surface area contributed by atoms with E-state index in [1.54, 1.807) is 38.5 Å². The van der Waals surface area contributed by atoms with Crippen LogP contribution in [0.5, 0.6) is 0 Å². The predicted octanol–water partition coefficient (Wildman–Crippen LogP) is 4.59. The number of hydrogen-bond donors (Lipinski definition) is 6. The number of aromatic nitrogens is 1. The van der Waals surface area contributed by atoms with Crippen molar-refractivity contribution in [2.75, 3.05) is 67.7 Å². The number of carboxylic acid groups (broad SMARTS) is 1. The summed E-state index contributed by atoms with van der Waals surface area (Å²) in [7, 11) is 7.24. The number of nitrogens with zero attached hydrogens (tertiary/aromatic N) is 3. The predicted molar refractivity (Wildman–Crippen MR) is 295 cm³/mol. The van der Waals surface area contributed by atoms with Crippen molar-refractivity contribution in [2.45, 2.75) is 218 Å². The molecule has 20 heteroatoms. The molecule has 3 saturated heterocycles. The summed E-state index contributed by atoms with van der Waals surface area (Å²) in [6, 6.07) is 4.77. The Morgan fingerprint density at radius 3 is 2.27 bits per heavy atom. The topological polar surface area (TPSA) is 250 Å². The molecule has 5 rings (SSSR count). The fraction of sp³-hybridized carbons (Fsp3) is 0.810. The second-order valence-corrected chi connectivity index (χ2v) is 23.6. The number of nitrogens with one attached hydrogen (secondary N) is 1. The molecule has 0 radical (unpaired) electrons. The van der Waals surface area contributed by atoms with E-state index < -0.39 is 107 Å². The second-order valence-electron chi connectivity index (χ2n) is 23.6. The number of rotatable bonds is 21. The maximum atomic E-state index is 14.6. The van der Waals surface area contributed by atoms with Crippen LogP contribution >= 0.6 is 0 Å². The van der Waals surface area contributed by atoms with Gasteiger partial charge in [-0.1, -0.05) is 26.8 Å². The summed E-state index contributed by atoms with van der Waals surface area (Å²) in [4.78, 5) is 43.0. The van der Waals surface area contributed by atoms with Crippen LogP contribution in [0.25, 0.3) is 10.9 Å². The van der Waals surface area contributed by atoms with E-state index in [9.17, 15) is 39.9 Å². The molecule has 2 aromatic rings. The standard InChI is InChI=1S/C58H98N4O16/c1-16-45-58(11,70)50(65)38(7)61(14)32-34(3)30-56(9,69)51(78-55-48(64)44(60(12)13)28-35(4)74-55)36(5)49(37(6)54(68)76-45)77-46-31-57(10,71-15)52(39(8)75-46)73-26-19-23-59-24-27-72-25-18-20-40-21-22-43-41(29-40)47(63)42(53(66)67)33-62(43)17-2/h21-22,29,33-39,44-46,48-52,55,59,64-65,69-70H,16-20,23-28,30-32H2,1-15H3,(H,66,67)/t34-,35-,36+,37-,38-,39+,44+,45-,46+,48-,49+,50-,51-,52+,55+,56-,57-,58-/m1/s1. The fourth-order valence-corrected chi connectivity index (χ4v) is 12.2. The minimum atomic E-state index is -1.83. The molecule has 3 aliphatic heterocycles. The summed E-state index contributed by atoms with van der Waals surface area (Å²) < 4.78 is 53.3. The molecular formula is C58H98N4O16. The molecular weight excluding hydrogens is 1010 g/mol. The first-order chi connectivity index (χ1) is 36.6. The van der Waals surface area contributed by atoms with Gasteiger partial charge in [0.05, 0.1) is 53.7 Å². The van der Waals surface area contributed by atoms with Gasteiger partial charge in [0.15, 0.2) is 12.6 Å². The van der Waals surface area contributed by atoms with Gasteiger partial charge in [-0.25, -0.2) is 4.79 Å². The minimum Gasteiger partial charge on any atom is -0.477 e. The van der Waals surface area contributed by atoms with E-state index in [1.165, 1.54) is 13.1 Å². The van der Waals surface area contributed by atoms with E-state index in [4.69, 9.17) is 37.9 Å². The summed E-state index contributed by atoms with van der Waals surface area (Å²) in [6.45, 7) is 23.7. The Kier molecular flexibility index (Phi) is 24.1. The molecule has 446 valence electrons. The maximum absolute atomic E-state index is 14.6. The second kappa shape index (κ2) is 28.7. The Hall–Kier alpha value is -3.19. The van der Waals surface area contributed by atoms with E-state index in [0.717, 1.165) is 12.0 Å². The highest BCUT2D eigenvalue weighted by Gasteiger charge is 2.53. The number of ether oxygens (including phenoxy) is 8. The van der Waals surface area contributed by atoms with Gasteiger partial charge in [-0.05, 0) is 145 Å². The van der Waals surface area contributed by atoms with Crippen LogP contribution in [0.1, 0.15) is 131 Å². The van der Waals surface area contributed by atoms with E-state index in [2.05, 4.69) is 5.32 Å². The van der Waals surface area contributed by atoms with Crippen molar-refractivity contribution in [3.05, 3.63) is 45.7 Å². The Labute approximate surface area is 463 Å². The van der Waals surface area contributed by atoms with Gasteiger partial charge in [0.1, 0.15) is 35.6 Å². The molecule has 3 aliphatic rings. The number of fused-ring (bicyclic) bond motifs is 1. The lowest BCUT2D eigenvalue weighted by Crippen LogP contribution is -2.61. The molecule has 1 aromatic carbocycles. The zero-order chi connectivity index (χ0) is 58.0. The highest BCUT2D eigenvalue weighted by atomic mass is 16.7. The SMILES string of the molecule is CC[C@H]1OC(=O)[C@H](C)[C@@H](O[C@H]2C[C@@](C)(OC)[C@@H](OCCCNCCOCCCc3ccc4c(c3)c(=O)c(C(=O)O)cn4CC)[C@H](C)O2)[C@H](C)[C@@H](O[C@@H]2O[C@H](C)C[C@H](N(C)C)[C@H]2O)[C@](C)(O)C[C@@H](C)CN(C)[C@H](C)[C@@H](O)[C@]1(C)O. The summed E-state index contributed by atoms with van der Waals surface area (Å²) >= 11 is 0. The molecule has 0 unspecified atom stereocenters. The number of methoxy groups -OCH3 is 1. The lowest BCUT2D eigenvalue weighted by molar-refractivity contribution is -0.320. The number of aliphatic hydroxyl groups is 4. The van der Waals surface area contributed by atoms with Crippen molar-refractivity contribution in [2.24, 2.45) is 17.8 Å². The van der Waals surface area contributed by atoms with Gasteiger partial charge in [-0.3, -0.25) is 9.59 Å². The van der Waals surface area contributed by atoms with Gasteiger partial charge in [0, 0.05) is 76.0 Å². The summed E-state index contributed by atoms with van der Waals surface area (Å²) in [5.74, 6) is -3.90. The Balaban J connectivity index is 1.24. The summed E-state index contributed by atoms with van der Waals surface area (Å²) in [6.07, 6.45) is -4.26. The van der Waals surface area contributed by atoms with Crippen molar-refractivity contribution in [1.29, 1.82) is 0 Å². The van der Waals surface area contributed by atoms with Crippen LogP contribution in [0.15, 0.2) is 29.2 Å². The average Bonchev–Trinajstić information content (AvgIpc) is 3.47. The molecule has 0 saturated carbocycles. The average molecular weight is 1110 g/mol. The van der Waals surface area contributed by atoms with Crippen molar-refractivity contribution < 1.29 is 73.0 Å². The number of aryl methyl sites for hydroxylation is 2. The Bertz CT molecular complexity index is 2280. The van der Waals surface area contributed by atoms with Gasteiger partial charge < -0.3 is 83.1 Å². The lowest BCUT2D eigenvalue weighted by atomic mass is 9.77. The smallest absolute Gasteiger partial charge is 0.341 e. The fourth-order valence-electron chi connectivity index (χ4n) is 12.2. The van der Waals surface area contributed by atoms with Crippen molar-refractivity contribution in [3.63, 3.8) is 0 Å². The van der Waals surface area contributed by atoms with Crippen LogP contribution in [-0.4, -0.2) is 210 Å². The van der Waals surface area contributed by atoms with Crippen LogP contribution in [-0.2, 0) is 55.7 Å². The van der Waals surface area contributed by atoms with Crippen LogP contribution in [0.4, 0.5) is 0 Å². The van der Waals surface area contributed by atoms with Crippen molar-refractivity contribution in [3.8, 4) is 0 Å². The largest absolute Gasteiger partial charge is 0.477 e. The first kappa shape index (κ1) is 65.6. The zero-order valence-electron chi connectivity index (χ0n) is 49.4. The molecule has 0 bridgehead atoms. The third-order valence-corrected chi connectivity index (χ3v) is 16.9. The molecule has 18 atom stereocenters. The Morgan fingerprint density at radius 1 is 0.923 bits per heavy atom. The number of aliphatic hydroxyl groups excluding tert-OH is 2. The first-order valence-corrected chi connectivity index (χ1v) is 28.5. The van der Waals surface area contributed by atoms with Crippen LogP contribution in [0.2, 0.25) is 0 Å². The van der Waals surface area contributed by atoms with Gasteiger partial charge in [-0.15, -0.1) is 0 Å². The third-order valence-electron chi connectivity index (χ3n) is 16.9. The number of aromatic carboxylic acids is 1. The van der Waals surface area contributed by atoms with E-state index in [1.807, 2.05) is 91.5 Å². The van der Waals surface area contributed by atoms with Gasteiger partial charge in [0.2, 0.25) is 5.43 Å². The van der Waals surface area contributed by atoms with Crippen molar-refractivity contribution in [1.82, 2.24) is 19.7 Å². The number of likely N-dealkylation sites (N-methyl/N-ethyl adjacent to an activating group) is 2. The highest BCUT2D eigenvalue weighted by Crippen LogP contribution is 2.41. The normalized spacial score (nSPS) is 37.0. The molecule has 0 amide bonds. The van der Waals surface area contributed by atoms with E-state index in [0.29, 0.717) is 76.2 Å². The van der Waals surface area contributed by atoms with Crippen LogP contribution in [0, 0.1) is 17.8 Å². The van der Waals surface area contributed by atoms with E-state index >= 15 is 0 Å². The number of hydrogen-bond acceptors (Lipinski definition) is 18. The Morgan fingerprint density at radius 2 is 1.63 bits per heavy atom. The molecule has 0 spiro atoms. The molecule has 1 aromatic heterocycles. The van der Waals surface area contributed by atoms with Gasteiger partial charge in [0.25, 0.3) is 0 Å². The summed E-state index contributed by atoms with van der Waals surface area (Å²) in [5, 5.41) is 61.5. The third kappa shape index (κ3) is 16.1. The molecule has 4 heterocycles. The van der Waals surface area contributed by atoms with Gasteiger partial charge >= 0.3 is 11.9 Å². The number of carboxylic acids is 1. The van der Waals surface area contributed by atoms with Crippen LogP contribution in [0.3, 0.4) is 0 Å². The number of carbonyl (C=O) groups excluding carboxylic acids is 1. The number of benzene rings is 1. The first-order valence-electron chi connectivity index (χ1n) is 28.5. The zero-order valence-corrected chi connectivity index (χ0v) is 49.4.